The van der Waals surface area contributed by atoms with E-state index in [1.165, 1.54) is 10.9 Å². The highest BCUT2D eigenvalue weighted by Gasteiger charge is 2.12. The van der Waals surface area contributed by atoms with Crippen molar-refractivity contribution in [1.29, 1.82) is 0 Å². The second-order valence-corrected chi connectivity index (χ2v) is 5.58. The predicted octanol–water partition coefficient (Wildman–Crippen LogP) is 1.62. The molecule has 0 saturated heterocycles. The standard InChI is InChI=1S/C13H13BrFN5O3/c1-8-2-10(14)5-16-11(8)19-7-18-20(13(19)23)6-9(3-15)4-17-12(21)22/h2-3,5,7,17H,4,6H2,1H3,(H,21,22). The Morgan fingerprint density at radius 2 is 2.30 bits per heavy atom. The van der Waals surface area contributed by atoms with Crippen LogP contribution in [0.1, 0.15) is 5.56 Å². The minimum atomic E-state index is -1.28. The number of amides is 1. The van der Waals surface area contributed by atoms with E-state index in [1.807, 2.05) is 5.32 Å². The first-order chi connectivity index (χ1) is 10.9. The van der Waals surface area contributed by atoms with E-state index in [-0.39, 0.29) is 25.0 Å². The largest absolute Gasteiger partial charge is 0.465 e. The van der Waals surface area contributed by atoms with Crippen LogP contribution in [0.4, 0.5) is 9.18 Å². The number of hydrogen-bond donors (Lipinski definition) is 2. The van der Waals surface area contributed by atoms with Crippen LogP contribution < -0.4 is 11.0 Å². The summed E-state index contributed by atoms with van der Waals surface area (Å²) >= 11 is 3.29. The van der Waals surface area contributed by atoms with E-state index in [0.717, 1.165) is 14.7 Å². The van der Waals surface area contributed by atoms with Crippen LogP contribution >= 0.6 is 15.9 Å². The third kappa shape index (κ3) is 4.03. The molecule has 0 saturated carbocycles. The molecule has 2 aromatic rings. The Hall–Kier alpha value is -2.49. The maximum atomic E-state index is 12.8. The normalized spacial score (nSPS) is 11.5. The molecule has 0 unspecified atom stereocenters. The van der Waals surface area contributed by atoms with Gasteiger partial charge in [0.05, 0.1) is 12.9 Å². The molecule has 2 rings (SSSR count). The lowest BCUT2D eigenvalue weighted by Crippen LogP contribution is -2.29. The molecule has 23 heavy (non-hydrogen) atoms. The molecule has 0 radical (unpaired) electrons. The molecular formula is C13H13BrFN5O3. The van der Waals surface area contributed by atoms with Crippen LogP contribution in [0.25, 0.3) is 5.82 Å². The van der Waals surface area contributed by atoms with Crippen molar-refractivity contribution in [3.05, 3.63) is 51.0 Å². The van der Waals surface area contributed by atoms with Crippen LogP contribution in [0.3, 0.4) is 0 Å². The van der Waals surface area contributed by atoms with Crippen molar-refractivity contribution in [2.24, 2.45) is 0 Å². The Kier molecular flexibility index (Phi) is 5.27. The Labute approximate surface area is 138 Å². The Balaban J connectivity index is 2.25. The smallest absolute Gasteiger partial charge is 0.404 e. The quantitative estimate of drug-likeness (QED) is 0.813. The summed E-state index contributed by atoms with van der Waals surface area (Å²) in [6.07, 6.45) is 1.81. The van der Waals surface area contributed by atoms with Crippen molar-refractivity contribution in [2.45, 2.75) is 13.5 Å². The second kappa shape index (κ2) is 7.18. The van der Waals surface area contributed by atoms with Crippen molar-refractivity contribution >= 4 is 22.0 Å². The summed E-state index contributed by atoms with van der Waals surface area (Å²) in [5.41, 5.74) is 0.327. The number of aryl methyl sites for hydroxylation is 1. The van der Waals surface area contributed by atoms with Gasteiger partial charge in [-0.15, -0.1) is 0 Å². The lowest BCUT2D eigenvalue weighted by atomic mass is 10.3. The number of hydrogen-bond acceptors (Lipinski definition) is 4. The van der Waals surface area contributed by atoms with E-state index < -0.39 is 11.8 Å². The van der Waals surface area contributed by atoms with Gasteiger partial charge in [0.2, 0.25) is 0 Å². The third-order valence-electron chi connectivity index (χ3n) is 2.95. The minimum absolute atomic E-state index is 0.0697. The molecule has 2 N–H and O–H groups in total. The van der Waals surface area contributed by atoms with Gasteiger partial charge in [-0.25, -0.2) is 28.2 Å². The van der Waals surface area contributed by atoms with E-state index >= 15 is 0 Å². The lowest BCUT2D eigenvalue weighted by Gasteiger charge is -2.06. The number of pyridine rings is 1. The maximum absolute atomic E-state index is 12.8. The third-order valence-corrected chi connectivity index (χ3v) is 3.39. The van der Waals surface area contributed by atoms with Crippen molar-refractivity contribution < 1.29 is 14.3 Å². The number of nitrogens with zero attached hydrogens (tertiary/aromatic N) is 4. The number of rotatable bonds is 5. The van der Waals surface area contributed by atoms with Crippen LogP contribution in [-0.2, 0) is 6.54 Å². The molecule has 10 heteroatoms. The van der Waals surface area contributed by atoms with E-state index in [4.69, 9.17) is 5.11 Å². The molecule has 0 aliphatic heterocycles. The van der Waals surface area contributed by atoms with Crippen LogP contribution in [-0.4, -0.2) is 37.1 Å². The minimum Gasteiger partial charge on any atom is -0.465 e. The molecule has 1 amide bonds. The summed E-state index contributed by atoms with van der Waals surface area (Å²) in [4.78, 5) is 26.9. The second-order valence-electron chi connectivity index (χ2n) is 4.66. The van der Waals surface area contributed by atoms with E-state index in [1.54, 1.807) is 19.2 Å². The van der Waals surface area contributed by atoms with Gasteiger partial charge in [-0.05, 0) is 40.1 Å². The highest BCUT2D eigenvalue weighted by atomic mass is 79.9. The van der Waals surface area contributed by atoms with Crippen LogP contribution in [0.15, 0.2) is 39.8 Å². The molecule has 2 aromatic heterocycles. The fourth-order valence-electron chi connectivity index (χ4n) is 1.89. The van der Waals surface area contributed by atoms with Crippen LogP contribution in [0, 0.1) is 6.92 Å². The summed E-state index contributed by atoms with van der Waals surface area (Å²) in [6, 6.07) is 1.80. The van der Waals surface area contributed by atoms with Crippen molar-refractivity contribution in [2.75, 3.05) is 6.54 Å². The topological polar surface area (TPSA) is 102 Å². The number of halogens is 2. The van der Waals surface area contributed by atoms with Gasteiger partial charge in [0, 0.05) is 17.2 Å². The van der Waals surface area contributed by atoms with Crippen molar-refractivity contribution in [1.82, 2.24) is 24.6 Å². The van der Waals surface area contributed by atoms with Gasteiger partial charge in [0.25, 0.3) is 0 Å². The molecule has 0 atom stereocenters. The van der Waals surface area contributed by atoms with E-state index in [9.17, 15) is 14.0 Å². The molecule has 0 aromatic carbocycles. The molecular weight excluding hydrogens is 373 g/mol. The summed E-state index contributed by atoms with van der Waals surface area (Å²) in [5.74, 6) is 0.416. The Bertz CT molecular complexity index is 814. The zero-order valence-electron chi connectivity index (χ0n) is 12.0. The number of carboxylic acid groups (broad SMARTS) is 1. The maximum Gasteiger partial charge on any atom is 0.404 e. The number of nitrogens with one attached hydrogen (secondary N) is 1. The van der Waals surface area contributed by atoms with Gasteiger partial charge in [0.15, 0.2) is 0 Å². The van der Waals surface area contributed by atoms with Crippen molar-refractivity contribution in [3.63, 3.8) is 0 Å². The molecule has 0 spiro atoms. The highest BCUT2D eigenvalue weighted by Crippen LogP contribution is 2.14. The van der Waals surface area contributed by atoms with Crippen LogP contribution in [0.2, 0.25) is 0 Å². The summed E-state index contributed by atoms with van der Waals surface area (Å²) in [5, 5.41) is 14.5. The zero-order chi connectivity index (χ0) is 17.0. The molecule has 8 nitrogen and oxygen atoms in total. The molecule has 0 aliphatic rings. The average Bonchev–Trinajstić information content (AvgIpc) is 2.84. The summed E-state index contributed by atoms with van der Waals surface area (Å²) < 4.78 is 15.8. The zero-order valence-corrected chi connectivity index (χ0v) is 13.6. The van der Waals surface area contributed by atoms with E-state index in [2.05, 4.69) is 26.0 Å². The average molecular weight is 386 g/mol. The fraction of sp³-hybridized carbons (Fsp3) is 0.231. The molecule has 122 valence electrons. The first-order valence-electron chi connectivity index (χ1n) is 6.44. The molecule has 0 fully saturated rings. The highest BCUT2D eigenvalue weighted by molar-refractivity contribution is 9.10. The van der Waals surface area contributed by atoms with Gasteiger partial charge in [0.1, 0.15) is 12.1 Å². The van der Waals surface area contributed by atoms with Gasteiger partial charge in [-0.2, -0.15) is 5.10 Å². The Morgan fingerprint density at radius 1 is 1.57 bits per heavy atom. The molecule has 0 bridgehead atoms. The van der Waals surface area contributed by atoms with Gasteiger partial charge >= 0.3 is 11.8 Å². The van der Waals surface area contributed by atoms with E-state index in [0.29, 0.717) is 5.82 Å². The summed E-state index contributed by atoms with van der Waals surface area (Å²) in [7, 11) is 0. The van der Waals surface area contributed by atoms with Gasteiger partial charge in [-0.3, -0.25) is 0 Å². The van der Waals surface area contributed by atoms with Crippen molar-refractivity contribution in [3.8, 4) is 5.82 Å². The van der Waals surface area contributed by atoms with Gasteiger partial charge in [-0.1, -0.05) is 0 Å². The predicted molar refractivity (Wildman–Crippen MR) is 83.3 cm³/mol. The fourth-order valence-corrected chi connectivity index (χ4v) is 2.33. The summed E-state index contributed by atoms with van der Waals surface area (Å²) in [6.45, 7) is 1.39. The SMILES string of the molecule is Cc1cc(Br)cnc1-n1cnn(CC(=CF)CNC(=O)O)c1=O. The first-order valence-corrected chi connectivity index (χ1v) is 7.23. The molecule has 0 aliphatic carbocycles. The Morgan fingerprint density at radius 3 is 2.91 bits per heavy atom. The number of carbonyl (C=O) groups is 1. The van der Waals surface area contributed by atoms with Gasteiger partial charge < -0.3 is 10.4 Å². The number of aromatic nitrogens is 4. The lowest BCUT2D eigenvalue weighted by molar-refractivity contribution is 0.195. The monoisotopic (exact) mass is 385 g/mol. The first kappa shape index (κ1) is 16.9. The molecule has 2 heterocycles. The van der Waals surface area contributed by atoms with Crippen LogP contribution in [0.5, 0.6) is 0 Å².